The molecule has 0 saturated heterocycles. The molecule has 1 saturated carbocycles. The van der Waals surface area contributed by atoms with E-state index in [0.29, 0.717) is 11.6 Å². The Kier molecular flexibility index (Phi) is 13.2. The maximum atomic E-state index is 6.24. The van der Waals surface area contributed by atoms with Gasteiger partial charge < -0.3 is 9.40 Å². The fourth-order valence-electron chi connectivity index (χ4n) is 7.87. The van der Waals surface area contributed by atoms with Crippen LogP contribution in [0.2, 0.25) is 17.3 Å². The second-order valence-electron chi connectivity index (χ2n) is 17.7. The topological polar surface area (TPSA) is 51.8 Å². The third kappa shape index (κ3) is 9.61. The van der Waals surface area contributed by atoms with E-state index in [2.05, 4.69) is 130 Å². The molecule has 0 atom stereocenters. The fraction of sp³-hybridized carbons (Fsp3) is 0.340. The van der Waals surface area contributed by atoms with Gasteiger partial charge in [0.2, 0.25) is 5.71 Å². The van der Waals surface area contributed by atoms with E-state index in [1.54, 1.807) is 4.40 Å². The molecule has 3 aromatic carbocycles. The standard InChI is InChI=1S/C26H21N2O.C24H34GeN.Ir/c1-26(2,3)18-14-15-27-23(16-18)21-11-7-10-19-20-12-13-22(17-8-5-4-6-9-17)28-25(20)29-24(19)21;1-18(2)14-22-16-24(26-17-23(22)25(3,4)5)21-13-9-12-20(15-21)19-10-7-6-8-11-19;/h4-10,12-16H,1-3H3;9,12,15-19H,6-8,10-11,14H2,1-5H3;/q2*-1;. The van der Waals surface area contributed by atoms with Gasteiger partial charge in [0.15, 0.2) is 0 Å². The molecule has 56 heavy (non-hydrogen) atoms. The van der Waals surface area contributed by atoms with Crippen LogP contribution in [0, 0.1) is 18.1 Å². The molecule has 4 aromatic heterocycles. The van der Waals surface area contributed by atoms with Crippen LogP contribution in [0.5, 0.6) is 0 Å². The zero-order valence-electron chi connectivity index (χ0n) is 34.3. The van der Waals surface area contributed by atoms with Gasteiger partial charge in [0.1, 0.15) is 0 Å². The largest absolute Gasteiger partial charge is 0 e. The van der Waals surface area contributed by atoms with Crippen molar-refractivity contribution >= 4 is 39.7 Å². The minimum atomic E-state index is -1.91. The van der Waals surface area contributed by atoms with Gasteiger partial charge in [-0.1, -0.05) is 68.1 Å². The molecular formula is C50H55GeIrN3O-2. The number of rotatable bonds is 7. The zero-order chi connectivity index (χ0) is 38.7. The van der Waals surface area contributed by atoms with Crippen LogP contribution >= 0.6 is 0 Å². The first-order valence-electron chi connectivity index (χ1n) is 20.1. The monoisotopic (exact) mass is 980 g/mol. The van der Waals surface area contributed by atoms with Gasteiger partial charge in [-0.05, 0) is 34.9 Å². The van der Waals surface area contributed by atoms with E-state index in [1.165, 1.54) is 54.4 Å². The minimum absolute atomic E-state index is 0. The van der Waals surface area contributed by atoms with Gasteiger partial charge in [-0.2, -0.15) is 0 Å². The van der Waals surface area contributed by atoms with E-state index in [4.69, 9.17) is 14.4 Å². The van der Waals surface area contributed by atoms with Crippen LogP contribution in [-0.2, 0) is 31.9 Å². The molecule has 0 bridgehead atoms. The number of aromatic nitrogens is 3. The van der Waals surface area contributed by atoms with E-state index in [9.17, 15) is 0 Å². The summed E-state index contributed by atoms with van der Waals surface area (Å²) in [5, 5.41) is 2.03. The minimum Gasteiger partial charge on any atom is 0 e. The second kappa shape index (κ2) is 17.7. The number of benzene rings is 3. The Hall–Kier alpha value is -3.90. The maximum Gasteiger partial charge on any atom is 0 e. The molecule has 1 radical (unpaired) electrons. The van der Waals surface area contributed by atoms with Gasteiger partial charge in [-0.25, -0.2) is 4.98 Å². The Morgan fingerprint density at radius 1 is 0.786 bits per heavy atom. The molecule has 0 spiro atoms. The predicted octanol–water partition coefficient (Wildman–Crippen LogP) is 13.1. The first kappa shape index (κ1) is 41.7. The van der Waals surface area contributed by atoms with Crippen molar-refractivity contribution in [1.82, 2.24) is 15.0 Å². The van der Waals surface area contributed by atoms with Crippen LogP contribution < -0.4 is 4.40 Å². The van der Waals surface area contributed by atoms with E-state index in [0.717, 1.165) is 56.9 Å². The summed E-state index contributed by atoms with van der Waals surface area (Å²) in [5.74, 6) is 8.81. The van der Waals surface area contributed by atoms with Crippen molar-refractivity contribution in [3.8, 4) is 33.8 Å². The molecule has 0 amide bonds. The number of nitrogens with zero attached hydrogens (tertiary/aromatic N) is 3. The number of fused-ring (bicyclic) bond motifs is 3. The van der Waals surface area contributed by atoms with Crippen LogP contribution in [0.4, 0.5) is 0 Å². The fourth-order valence-corrected chi connectivity index (χ4v) is 11.2. The maximum absolute atomic E-state index is 6.24. The first-order valence-corrected chi connectivity index (χ1v) is 27.5. The number of pyridine rings is 3. The third-order valence-corrected chi connectivity index (χ3v) is 15.2. The van der Waals surface area contributed by atoms with Crippen LogP contribution in [0.15, 0.2) is 108 Å². The summed E-state index contributed by atoms with van der Waals surface area (Å²) in [4.78, 5) is 14.3. The third-order valence-electron chi connectivity index (χ3n) is 10.9. The summed E-state index contributed by atoms with van der Waals surface area (Å²) >= 11 is -1.91. The molecule has 1 aliphatic carbocycles. The van der Waals surface area contributed by atoms with Crippen molar-refractivity contribution in [2.45, 2.75) is 102 Å². The molecular weight excluding hydrogens is 923 g/mol. The van der Waals surface area contributed by atoms with E-state index in [1.807, 2.05) is 42.6 Å². The van der Waals surface area contributed by atoms with Gasteiger partial charge >= 0.3 is 163 Å². The zero-order valence-corrected chi connectivity index (χ0v) is 38.8. The van der Waals surface area contributed by atoms with Gasteiger partial charge in [0, 0.05) is 37.3 Å². The first-order chi connectivity index (χ1) is 26.3. The molecule has 8 rings (SSSR count). The van der Waals surface area contributed by atoms with Crippen molar-refractivity contribution in [1.29, 1.82) is 0 Å². The Morgan fingerprint density at radius 2 is 1.54 bits per heavy atom. The van der Waals surface area contributed by atoms with Gasteiger partial charge in [0.05, 0.1) is 11.3 Å². The molecule has 4 nitrogen and oxygen atoms in total. The van der Waals surface area contributed by atoms with Gasteiger partial charge in [-0.3, -0.25) is 0 Å². The molecule has 0 N–H and O–H groups in total. The SMILES string of the molecule is CC(C)(C)c1ccnc(-c2[c-]ccc3c2oc2nc(-c4ccccc4)ccc23)c1.CC(C)Cc1cc(-c2[c-]ccc(C3CCCCC3)c2)nc[c]1[Ge]([CH3])([CH3])[CH3].[Ir]. The van der Waals surface area contributed by atoms with Crippen molar-refractivity contribution in [3.05, 3.63) is 132 Å². The quantitative estimate of drug-likeness (QED) is 0.118. The average molecular weight is 979 g/mol. The summed E-state index contributed by atoms with van der Waals surface area (Å²) in [6, 6.07) is 38.3. The molecule has 6 heteroatoms. The summed E-state index contributed by atoms with van der Waals surface area (Å²) in [5.41, 5.74) is 11.7. The summed E-state index contributed by atoms with van der Waals surface area (Å²) in [7, 11) is 0. The average Bonchev–Trinajstić information content (AvgIpc) is 3.56. The number of hydrogen-bond donors (Lipinski definition) is 0. The Labute approximate surface area is 350 Å². The van der Waals surface area contributed by atoms with Crippen LogP contribution in [0.1, 0.15) is 89.3 Å². The smallest absolute Gasteiger partial charge is 0 e. The van der Waals surface area contributed by atoms with Crippen molar-refractivity contribution in [3.63, 3.8) is 0 Å². The van der Waals surface area contributed by atoms with E-state index < -0.39 is 13.3 Å². The molecule has 4 heterocycles. The van der Waals surface area contributed by atoms with Crippen LogP contribution in [0.25, 0.3) is 55.8 Å². The Morgan fingerprint density at radius 3 is 2.25 bits per heavy atom. The molecule has 0 aliphatic heterocycles. The summed E-state index contributed by atoms with van der Waals surface area (Å²) < 4.78 is 7.80. The van der Waals surface area contributed by atoms with Gasteiger partial charge in [0.25, 0.3) is 0 Å². The Bertz CT molecular complexity index is 2400. The van der Waals surface area contributed by atoms with Crippen LogP contribution in [0.3, 0.4) is 0 Å². The summed E-state index contributed by atoms with van der Waals surface area (Å²) in [6.45, 7) is 11.2. The molecule has 7 aromatic rings. The molecule has 0 unspecified atom stereocenters. The normalized spacial score (nSPS) is 13.7. The van der Waals surface area contributed by atoms with Crippen molar-refractivity contribution in [2.75, 3.05) is 0 Å². The number of furan rings is 1. The van der Waals surface area contributed by atoms with E-state index >= 15 is 0 Å². The molecule has 291 valence electrons. The van der Waals surface area contributed by atoms with Crippen molar-refractivity contribution < 1.29 is 24.5 Å². The van der Waals surface area contributed by atoms with Gasteiger partial charge in [-0.15, -0.1) is 18.2 Å². The van der Waals surface area contributed by atoms with E-state index in [-0.39, 0.29) is 25.5 Å². The Balaban J connectivity index is 0.000000188. The molecule has 1 fully saturated rings. The predicted molar refractivity (Wildman–Crippen MR) is 234 cm³/mol. The van der Waals surface area contributed by atoms with Crippen LogP contribution in [-0.4, -0.2) is 28.2 Å². The molecule has 1 aliphatic rings. The summed E-state index contributed by atoms with van der Waals surface area (Å²) in [6.07, 6.45) is 12.0. The second-order valence-corrected chi connectivity index (χ2v) is 28.3. The number of hydrogen-bond acceptors (Lipinski definition) is 4. The van der Waals surface area contributed by atoms with Crippen molar-refractivity contribution in [2.24, 2.45) is 5.92 Å².